The molecule has 5 amide bonds. The topological polar surface area (TPSA) is 204 Å². The van der Waals surface area contributed by atoms with E-state index in [2.05, 4.69) is 16.0 Å². The van der Waals surface area contributed by atoms with Crippen LogP contribution in [0, 0.1) is 30.6 Å². The first kappa shape index (κ1) is 57.5. The Labute approximate surface area is 394 Å². The number of rotatable bonds is 30. The van der Waals surface area contributed by atoms with Crippen LogP contribution in [-0.4, -0.2) is 152 Å². The largest absolute Gasteiger partial charge is 0.480 e. The van der Waals surface area contributed by atoms with Crippen molar-refractivity contribution >= 4 is 41.8 Å². The van der Waals surface area contributed by atoms with Crippen LogP contribution in [0.25, 0.3) is 0 Å². The summed E-state index contributed by atoms with van der Waals surface area (Å²) in [5.74, 6) is -4.25. The van der Waals surface area contributed by atoms with E-state index >= 15 is 0 Å². The first-order chi connectivity index (χ1) is 31.2. The van der Waals surface area contributed by atoms with Gasteiger partial charge < -0.3 is 45.2 Å². The molecule has 1 fully saturated rings. The van der Waals surface area contributed by atoms with Crippen molar-refractivity contribution in [3.8, 4) is 0 Å². The van der Waals surface area contributed by atoms with Gasteiger partial charge >= 0.3 is 5.97 Å². The molecule has 0 radical (unpaired) electrons. The normalized spacial score (nSPS) is 17.7. The molecule has 16 heteroatoms. The minimum Gasteiger partial charge on any atom is -0.480 e. The molecule has 1 aromatic carbocycles. The van der Waals surface area contributed by atoms with E-state index in [-0.39, 0.29) is 54.7 Å². The van der Waals surface area contributed by atoms with Gasteiger partial charge in [0, 0.05) is 54.2 Å². The number of unbranched alkanes of at least 4 members (excludes halogenated alkanes) is 2. The predicted molar refractivity (Wildman–Crippen MR) is 255 cm³/mol. The van der Waals surface area contributed by atoms with Crippen LogP contribution >= 0.6 is 0 Å². The molecule has 3 unspecified atom stereocenters. The van der Waals surface area contributed by atoms with E-state index in [1.54, 1.807) is 36.9 Å². The smallest absolute Gasteiger partial charge is 0.326 e. The number of carbonyl (C=O) groups is 7. The van der Waals surface area contributed by atoms with E-state index in [4.69, 9.17) is 9.47 Å². The maximum atomic E-state index is 14.6. The number of hydrogen-bond acceptors (Lipinski definition) is 10. The lowest BCUT2D eigenvalue weighted by Crippen LogP contribution is -2.60. The number of likely N-dealkylation sites (tertiary alicyclic amines) is 1. The van der Waals surface area contributed by atoms with Gasteiger partial charge in [0.1, 0.15) is 24.4 Å². The zero-order valence-electron chi connectivity index (χ0n) is 41.8. The number of carboxylic acid groups (broad SMARTS) is 1. The lowest BCUT2D eigenvalue weighted by Gasteiger charge is -2.41. The number of carbonyl (C=O) groups excluding carboxylic acids is 6. The van der Waals surface area contributed by atoms with Gasteiger partial charge in [-0.2, -0.15) is 0 Å². The third-order valence-electron chi connectivity index (χ3n) is 13.1. The first-order valence-corrected chi connectivity index (χ1v) is 23.8. The lowest BCUT2D eigenvalue weighted by atomic mass is 9.89. The van der Waals surface area contributed by atoms with E-state index in [1.165, 1.54) is 25.2 Å². The average molecular weight is 927 g/mol. The summed E-state index contributed by atoms with van der Waals surface area (Å²) >= 11 is 0. The molecule has 2 rings (SSSR count). The van der Waals surface area contributed by atoms with Crippen molar-refractivity contribution in [2.24, 2.45) is 23.7 Å². The summed E-state index contributed by atoms with van der Waals surface area (Å²) in [4.78, 5) is 97.4. The fourth-order valence-electron chi connectivity index (χ4n) is 9.01. The standard InChI is InChI=1S/C50H82N6O10/c1-13-35(7)45(55(10)49(62)43(32(2)3)53-48(61)44(33(4)5)54(9)41(58)21-15-14-16-26-51-27-17-18-29-57)40(65-11)31-42(59)56-28-19-20-39(56)46(66-12)36(8)47(60)52-38(50(63)64)30-37-24-22-34(6)23-25-37/h17-18,22-25,29,32-33,35-36,38-40,43-46,51H,13-16,19-21,26-28,30-31H2,1-12H3,(H,52,60)(H,53,61)(H,63,64)/b18-17-/t35?,36-,38?,39+,40-,43+,44+,45?,46-/m1/s1. The molecular formula is C50H82N6O10. The predicted octanol–water partition coefficient (Wildman–Crippen LogP) is 4.56. The first-order valence-electron chi connectivity index (χ1n) is 23.8. The number of nitrogens with zero attached hydrogens (tertiary/aromatic N) is 3. The SMILES string of the molecule is CCC(C)C([C@@H](CC(=O)N1CCC[C@H]1[C@H](OC)[C@@H](C)C(=O)NC(Cc1ccc(C)cc1)C(=O)O)OC)N(C)C(=O)[C@@H](NC(=O)[C@H](C(C)C)N(C)C(=O)CCCCCNC/C=C\C=O)C(C)C. The monoisotopic (exact) mass is 927 g/mol. The zero-order chi connectivity index (χ0) is 49.7. The second kappa shape index (κ2) is 29.2. The van der Waals surface area contributed by atoms with Crippen molar-refractivity contribution in [1.29, 1.82) is 0 Å². The van der Waals surface area contributed by atoms with Gasteiger partial charge in [0.05, 0.1) is 36.6 Å². The highest BCUT2D eigenvalue weighted by Crippen LogP contribution is 2.30. The Morgan fingerprint density at radius 2 is 1.56 bits per heavy atom. The Hall–Kier alpha value is -4.67. The van der Waals surface area contributed by atoms with Crippen molar-refractivity contribution in [3.05, 3.63) is 47.5 Å². The Bertz CT molecular complexity index is 1740. The van der Waals surface area contributed by atoms with E-state index in [9.17, 15) is 38.7 Å². The molecule has 1 aliphatic heterocycles. The van der Waals surface area contributed by atoms with Crippen molar-refractivity contribution in [3.63, 3.8) is 0 Å². The number of nitrogens with one attached hydrogen (secondary N) is 3. The third-order valence-corrected chi connectivity index (χ3v) is 13.1. The summed E-state index contributed by atoms with van der Waals surface area (Å²) < 4.78 is 12.0. The van der Waals surface area contributed by atoms with Crippen LogP contribution in [0.2, 0.25) is 0 Å². The van der Waals surface area contributed by atoms with Crippen molar-refractivity contribution in [2.45, 2.75) is 156 Å². The summed E-state index contributed by atoms with van der Waals surface area (Å²) in [5.41, 5.74) is 1.82. The van der Waals surface area contributed by atoms with Gasteiger partial charge in [-0.15, -0.1) is 0 Å². The summed E-state index contributed by atoms with van der Waals surface area (Å²) in [6, 6.07) is 3.54. The minimum atomic E-state index is -1.16. The van der Waals surface area contributed by atoms with Crippen LogP contribution < -0.4 is 16.0 Å². The van der Waals surface area contributed by atoms with E-state index in [1.807, 2.05) is 72.7 Å². The number of aldehydes is 1. The second-order valence-electron chi connectivity index (χ2n) is 18.7. The maximum Gasteiger partial charge on any atom is 0.326 e. The van der Waals surface area contributed by atoms with Crippen molar-refractivity contribution in [1.82, 2.24) is 30.7 Å². The molecule has 66 heavy (non-hydrogen) atoms. The van der Waals surface area contributed by atoms with Crippen LogP contribution in [0.5, 0.6) is 0 Å². The van der Waals surface area contributed by atoms with E-state index < -0.39 is 66.1 Å². The molecule has 1 aromatic rings. The number of allylic oxidation sites excluding steroid dienone is 1. The molecule has 16 nitrogen and oxygen atoms in total. The van der Waals surface area contributed by atoms with Crippen LogP contribution in [0.4, 0.5) is 0 Å². The molecule has 0 aliphatic carbocycles. The van der Waals surface area contributed by atoms with Gasteiger partial charge in [-0.05, 0) is 68.5 Å². The van der Waals surface area contributed by atoms with Crippen LogP contribution in [-0.2, 0) is 49.5 Å². The number of benzene rings is 1. The van der Waals surface area contributed by atoms with Crippen LogP contribution in [0.15, 0.2) is 36.4 Å². The molecule has 1 saturated heterocycles. The second-order valence-corrected chi connectivity index (χ2v) is 18.7. The summed E-state index contributed by atoms with van der Waals surface area (Å²) in [6.45, 7) is 16.8. The number of carboxylic acids is 1. The number of likely N-dealkylation sites (N-methyl/N-ethyl adjacent to an activating group) is 2. The maximum absolute atomic E-state index is 14.6. The Kier molecular flexibility index (Phi) is 25.4. The minimum absolute atomic E-state index is 0.0649. The average Bonchev–Trinajstić information content (AvgIpc) is 3.77. The summed E-state index contributed by atoms with van der Waals surface area (Å²) in [6.07, 6.45) is 7.05. The molecule has 0 saturated carbocycles. The van der Waals surface area contributed by atoms with Crippen molar-refractivity contribution in [2.75, 3.05) is 47.9 Å². The van der Waals surface area contributed by atoms with E-state index in [0.717, 1.165) is 36.8 Å². The van der Waals surface area contributed by atoms with Gasteiger partial charge in [0.2, 0.25) is 29.5 Å². The number of methoxy groups -OCH3 is 2. The summed E-state index contributed by atoms with van der Waals surface area (Å²) in [7, 11) is 6.30. The molecule has 9 atom stereocenters. The Balaban J connectivity index is 2.21. The fraction of sp³-hybridized carbons (Fsp3) is 0.700. The number of aliphatic carboxylic acids is 1. The quantitative estimate of drug-likeness (QED) is 0.0479. The molecule has 1 aliphatic rings. The molecule has 1 heterocycles. The third kappa shape index (κ3) is 17.2. The molecule has 0 bridgehead atoms. The highest BCUT2D eigenvalue weighted by Gasteiger charge is 2.43. The number of ether oxygens (including phenoxy) is 2. The van der Waals surface area contributed by atoms with Gasteiger partial charge in [0.25, 0.3) is 0 Å². The lowest BCUT2D eigenvalue weighted by molar-refractivity contribution is -0.149. The zero-order valence-corrected chi connectivity index (χ0v) is 41.8. The van der Waals surface area contributed by atoms with Gasteiger partial charge in [-0.25, -0.2) is 4.79 Å². The van der Waals surface area contributed by atoms with Crippen LogP contribution in [0.1, 0.15) is 111 Å². The molecular weight excluding hydrogens is 845 g/mol. The molecule has 4 N–H and O–H groups in total. The number of amides is 5. The number of hydrogen-bond donors (Lipinski definition) is 4. The molecule has 0 aromatic heterocycles. The Morgan fingerprint density at radius 1 is 0.894 bits per heavy atom. The van der Waals surface area contributed by atoms with Crippen molar-refractivity contribution < 1.29 is 48.1 Å². The fourth-order valence-corrected chi connectivity index (χ4v) is 9.01. The van der Waals surface area contributed by atoms with Gasteiger partial charge in [-0.3, -0.25) is 28.8 Å². The highest BCUT2D eigenvalue weighted by atomic mass is 16.5. The number of aryl methyl sites for hydroxylation is 1. The van der Waals surface area contributed by atoms with E-state index in [0.29, 0.717) is 38.8 Å². The highest BCUT2D eigenvalue weighted by molar-refractivity contribution is 5.92. The summed E-state index contributed by atoms with van der Waals surface area (Å²) in [5, 5.41) is 18.9. The van der Waals surface area contributed by atoms with Crippen LogP contribution in [0.3, 0.4) is 0 Å². The van der Waals surface area contributed by atoms with Gasteiger partial charge in [0.15, 0.2) is 0 Å². The Morgan fingerprint density at radius 3 is 2.12 bits per heavy atom. The van der Waals surface area contributed by atoms with Gasteiger partial charge in [-0.1, -0.05) is 97.2 Å². The molecule has 0 spiro atoms. The molecule has 372 valence electrons.